The molecule has 11 heteroatoms. The molecule has 0 saturated carbocycles. The van der Waals surface area contributed by atoms with E-state index in [1.165, 1.54) is 4.90 Å². The molecule has 1 unspecified atom stereocenters. The number of aromatic nitrogens is 1. The Kier molecular flexibility index (Phi) is 6.48. The molecule has 41 heavy (non-hydrogen) atoms. The zero-order valence-electron chi connectivity index (χ0n) is 22.3. The van der Waals surface area contributed by atoms with Crippen LogP contribution in [0.1, 0.15) is 55.0 Å². The predicted octanol–water partition coefficient (Wildman–Crippen LogP) is 5.58. The Hall–Kier alpha value is -3.73. The number of nitrogens with one attached hydrogen (secondary N) is 2. The molecule has 2 aliphatic heterocycles. The molecule has 2 N–H and O–H groups in total. The molecule has 3 amide bonds. The van der Waals surface area contributed by atoms with E-state index in [4.69, 9.17) is 0 Å². The van der Waals surface area contributed by atoms with Gasteiger partial charge in [-0.15, -0.1) is 0 Å². The molecule has 1 saturated heterocycles. The zero-order chi connectivity index (χ0) is 29.3. The van der Waals surface area contributed by atoms with Crippen LogP contribution < -0.4 is 10.6 Å². The summed E-state index contributed by atoms with van der Waals surface area (Å²) in [6, 6.07) is 8.97. The zero-order valence-corrected chi connectivity index (χ0v) is 23.9. The summed E-state index contributed by atoms with van der Waals surface area (Å²) in [5.74, 6) is -4.84. The van der Waals surface area contributed by atoms with E-state index >= 15 is 0 Å². The topological polar surface area (TPSA) is 91.4 Å². The van der Waals surface area contributed by atoms with Crippen LogP contribution in [0.5, 0.6) is 0 Å². The van der Waals surface area contributed by atoms with Crippen molar-refractivity contribution < 1.29 is 27.6 Å². The molecule has 6 rings (SSSR count). The average Bonchev–Trinajstić information content (AvgIpc) is 3.43. The van der Waals surface area contributed by atoms with E-state index in [1.807, 2.05) is 18.2 Å². The van der Waals surface area contributed by atoms with Crippen LogP contribution in [0.25, 0.3) is 0 Å². The third kappa shape index (κ3) is 4.41. The van der Waals surface area contributed by atoms with Gasteiger partial charge in [0.05, 0.1) is 11.5 Å². The molecule has 2 atom stereocenters. The van der Waals surface area contributed by atoms with Crippen LogP contribution in [0.3, 0.4) is 0 Å². The van der Waals surface area contributed by atoms with Crippen LogP contribution in [0.2, 0.25) is 0 Å². The molecule has 3 aromatic rings. The molecule has 7 nitrogen and oxygen atoms in total. The van der Waals surface area contributed by atoms with Gasteiger partial charge in [0.1, 0.15) is 12.4 Å². The van der Waals surface area contributed by atoms with Crippen LogP contribution in [0.4, 0.5) is 24.7 Å². The number of pyridine rings is 1. The maximum atomic E-state index is 14.9. The second kappa shape index (κ2) is 9.68. The van der Waals surface area contributed by atoms with Gasteiger partial charge >= 0.3 is 0 Å². The van der Waals surface area contributed by atoms with E-state index in [9.17, 15) is 27.6 Å². The first kappa shape index (κ1) is 27.4. The average molecular weight is 627 g/mol. The monoisotopic (exact) mass is 626 g/mol. The minimum atomic E-state index is -1.63. The highest BCUT2D eigenvalue weighted by molar-refractivity contribution is 9.10. The Morgan fingerprint density at radius 1 is 1.12 bits per heavy atom. The summed E-state index contributed by atoms with van der Waals surface area (Å²) >= 11 is 3.11. The van der Waals surface area contributed by atoms with Crippen molar-refractivity contribution in [3.63, 3.8) is 0 Å². The maximum absolute atomic E-state index is 14.9. The van der Waals surface area contributed by atoms with Crippen molar-refractivity contribution in [1.82, 2.24) is 9.88 Å². The second-order valence-corrected chi connectivity index (χ2v) is 12.4. The van der Waals surface area contributed by atoms with E-state index in [0.29, 0.717) is 30.8 Å². The first-order valence-electron chi connectivity index (χ1n) is 13.2. The van der Waals surface area contributed by atoms with E-state index < -0.39 is 52.7 Å². The standard InChI is InChI=1S/C30H26BrF3N4O3/c1-29(2)8-7-21(23-19(31)11-20(32)24(33)25(23)34)38(28(29)41)14-22(39)36-17-6-5-15-12-30(13-16(15)10-17)18-4-3-9-35-26(18)37-27(30)40/h3-6,9-11,21H,7-8,12-14H2,1-2H3,(H,36,39)(H,35,37,40)/t21?,30-/m1/s1. The first-order chi connectivity index (χ1) is 19.4. The summed E-state index contributed by atoms with van der Waals surface area (Å²) in [6.07, 6.45) is 3.21. The van der Waals surface area contributed by atoms with Gasteiger partial charge in [-0.3, -0.25) is 14.4 Å². The smallest absolute Gasteiger partial charge is 0.244 e. The van der Waals surface area contributed by atoms with Gasteiger partial charge in [0.25, 0.3) is 0 Å². The van der Waals surface area contributed by atoms with Crippen molar-refractivity contribution in [2.45, 2.75) is 51.0 Å². The van der Waals surface area contributed by atoms with E-state index in [1.54, 1.807) is 32.2 Å². The van der Waals surface area contributed by atoms with Crippen molar-refractivity contribution in [3.8, 4) is 0 Å². The lowest BCUT2D eigenvalue weighted by atomic mass is 9.78. The fraction of sp³-hybridized carbons (Fsp3) is 0.333. The highest BCUT2D eigenvalue weighted by atomic mass is 79.9. The van der Waals surface area contributed by atoms with Crippen LogP contribution in [0.15, 0.2) is 47.1 Å². The molecule has 212 valence electrons. The summed E-state index contributed by atoms with van der Waals surface area (Å²) in [6.45, 7) is 3.05. The van der Waals surface area contributed by atoms with Gasteiger partial charge in [-0.05, 0) is 61.1 Å². The molecular weight excluding hydrogens is 601 g/mol. The highest BCUT2D eigenvalue weighted by Gasteiger charge is 2.51. The summed E-state index contributed by atoms with van der Waals surface area (Å²) in [5, 5.41) is 5.68. The number of carbonyl (C=O) groups excluding carboxylic acids is 3. The summed E-state index contributed by atoms with van der Waals surface area (Å²) < 4.78 is 42.9. The number of fused-ring (bicyclic) bond motifs is 3. The largest absolute Gasteiger partial charge is 0.326 e. The second-order valence-electron chi connectivity index (χ2n) is 11.6. The highest BCUT2D eigenvalue weighted by Crippen LogP contribution is 2.47. The third-order valence-corrected chi connectivity index (χ3v) is 9.18. The normalized spacial score (nSPS) is 22.5. The molecule has 2 aromatic carbocycles. The number of amides is 3. The van der Waals surface area contributed by atoms with Crippen molar-refractivity contribution in [2.24, 2.45) is 5.41 Å². The van der Waals surface area contributed by atoms with Gasteiger partial charge in [0.15, 0.2) is 17.5 Å². The molecule has 1 aliphatic carbocycles. The number of hydrogen-bond acceptors (Lipinski definition) is 4. The Bertz CT molecular complexity index is 1650. The maximum Gasteiger partial charge on any atom is 0.244 e. The lowest BCUT2D eigenvalue weighted by Gasteiger charge is -2.43. The summed E-state index contributed by atoms with van der Waals surface area (Å²) in [4.78, 5) is 45.2. The van der Waals surface area contributed by atoms with Crippen molar-refractivity contribution in [1.29, 1.82) is 0 Å². The molecule has 1 fully saturated rings. The van der Waals surface area contributed by atoms with Crippen LogP contribution >= 0.6 is 15.9 Å². The number of piperidine rings is 1. The third-order valence-electron chi connectivity index (χ3n) is 8.52. The molecule has 0 bridgehead atoms. The van der Waals surface area contributed by atoms with Gasteiger partial charge in [-0.1, -0.05) is 41.9 Å². The number of rotatable bonds is 4. The van der Waals surface area contributed by atoms with Crippen LogP contribution in [-0.2, 0) is 32.6 Å². The Balaban J connectivity index is 1.24. The van der Waals surface area contributed by atoms with Gasteiger partial charge < -0.3 is 15.5 Å². The molecule has 1 aromatic heterocycles. The number of nitrogens with zero attached hydrogens (tertiary/aromatic N) is 2. The fourth-order valence-corrected chi connectivity index (χ4v) is 7.00. The minimum Gasteiger partial charge on any atom is -0.326 e. The Morgan fingerprint density at radius 3 is 2.66 bits per heavy atom. The molecular formula is C30H26BrF3N4O3. The number of anilines is 2. The van der Waals surface area contributed by atoms with Gasteiger partial charge in [-0.2, -0.15) is 0 Å². The SMILES string of the molecule is CC1(C)CCC(c2c(Br)cc(F)c(F)c2F)N(CC(=O)Nc2ccc3c(c2)C[C@@]2(C3)C(=O)Nc3ncccc32)C1=O. The number of likely N-dealkylation sites (tertiary alicyclic amines) is 1. The molecule has 3 heterocycles. The van der Waals surface area contributed by atoms with Crippen molar-refractivity contribution >= 4 is 45.2 Å². The summed E-state index contributed by atoms with van der Waals surface area (Å²) in [7, 11) is 0. The van der Waals surface area contributed by atoms with Gasteiger partial charge in [0, 0.05) is 32.9 Å². The number of benzene rings is 2. The molecule has 1 spiro atoms. The lowest BCUT2D eigenvalue weighted by Crippen LogP contribution is -2.50. The molecule has 0 radical (unpaired) electrons. The lowest BCUT2D eigenvalue weighted by molar-refractivity contribution is -0.150. The first-order valence-corrected chi connectivity index (χ1v) is 14.0. The minimum absolute atomic E-state index is 0.0166. The number of hydrogen-bond donors (Lipinski definition) is 2. The van der Waals surface area contributed by atoms with Crippen LogP contribution in [-0.4, -0.2) is 34.2 Å². The number of halogens is 4. The van der Waals surface area contributed by atoms with Crippen molar-refractivity contribution in [2.75, 3.05) is 17.2 Å². The van der Waals surface area contributed by atoms with Gasteiger partial charge in [-0.25, -0.2) is 18.2 Å². The van der Waals surface area contributed by atoms with E-state index in [2.05, 4.69) is 31.5 Å². The quantitative estimate of drug-likeness (QED) is 0.292. The number of carbonyl (C=O) groups is 3. The van der Waals surface area contributed by atoms with Gasteiger partial charge in [0.2, 0.25) is 17.7 Å². The van der Waals surface area contributed by atoms with Crippen LogP contribution in [0, 0.1) is 22.9 Å². The Labute approximate surface area is 242 Å². The van der Waals surface area contributed by atoms with E-state index in [-0.39, 0.29) is 22.4 Å². The predicted molar refractivity (Wildman–Crippen MR) is 149 cm³/mol. The Morgan fingerprint density at radius 2 is 1.88 bits per heavy atom. The fourth-order valence-electron chi connectivity index (χ4n) is 6.36. The van der Waals surface area contributed by atoms with Crippen molar-refractivity contribution in [3.05, 3.63) is 86.8 Å². The summed E-state index contributed by atoms with van der Waals surface area (Å²) in [5.41, 5.74) is 1.45. The van der Waals surface area contributed by atoms with E-state index in [0.717, 1.165) is 22.8 Å². The molecule has 3 aliphatic rings.